The molecule has 0 aliphatic carbocycles. The summed E-state index contributed by atoms with van der Waals surface area (Å²) in [5.74, 6) is 0. The van der Waals surface area contributed by atoms with Crippen molar-refractivity contribution in [2.45, 2.75) is 19.3 Å². The molecule has 28 heavy (non-hydrogen) atoms. The van der Waals surface area contributed by atoms with Crippen LogP contribution in [0.2, 0.25) is 0 Å². The van der Waals surface area contributed by atoms with E-state index in [1.54, 1.807) is 6.33 Å². The molecule has 3 aromatic rings. The van der Waals surface area contributed by atoms with Crippen LogP contribution in [0, 0.1) is 0 Å². The van der Waals surface area contributed by atoms with E-state index in [1.165, 1.54) is 23.3 Å². The number of aryl methyl sites for hydroxylation is 1. The van der Waals surface area contributed by atoms with E-state index in [2.05, 4.69) is 15.6 Å². The topological polar surface area (TPSA) is 41.9 Å². The van der Waals surface area contributed by atoms with Gasteiger partial charge in [-0.3, -0.25) is 0 Å². The van der Waals surface area contributed by atoms with Gasteiger partial charge in [-0.1, -0.05) is 6.07 Å². The monoisotopic (exact) mass is 430 g/mol. The molecule has 2 aromatic carbocycles. The Labute approximate surface area is 173 Å². The minimum absolute atomic E-state index is 0. The first-order chi connectivity index (χ1) is 12.4. The molecule has 0 fully saturated rings. The van der Waals surface area contributed by atoms with E-state index in [9.17, 15) is 13.2 Å². The Balaban J connectivity index is 0.00000140. The van der Waals surface area contributed by atoms with Gasteiger partial charge in [0.25, 0.3) is 0 Å². The second-order valence-corrected chi connectivity index (χ2v) is 6.35. The van der Waals surface area contributed by atoms with E-state index in [1.807, 2.05) is 29.9 Å². The van der Waals surface area contributed by atoms with Gasteiger partial charge in [-0.05, 0) is 41.5 Å². The first-order valence-electron chi connectivity index (χ1n) is 8.20. The predicted molar refractivity (Wildman–Crippen MR) is 108 cm³/mol. The Bertz CT molecular complexity index is 953. The summed E-state index contributed by atoms with van der Waals surface area (Å²) in [4.78, 5) is 4.46. The average Bonchev–Trinajstić information content (AvgIpc) is 3.23. The Hall–Kier alpha value is -2.22. The summed E-state index contributed by atoms with van der Waals surface area (Å²) in [5, 5.41) is 6.58. The number of aromatic nitrogens is 2. The maximum atomic E-state index is 12.7. The van der Waals surface area contributed by atoms with E-state index in [0.29, 0.717) is 5.69 Å². The molecule has 0 radical (unpaired) electrons. The van der Waals surface area contributed by atoms with Crippen LogP contribution in [0.3, 0.4) is 0 Å². The summed E-state index contributed by atoms with van der Waals surface area (Å²) in [5.41, 5.74) is 4.96. The van der Waals surface area contributed by atoms with Crippen molar-refractivity contribution in [3.8, 4) is 11.3 Å². The van der Waals surface area contributed by atoms with Gasteiger partial charge in [-0.2, -0.15) is 13.2 Å². The third-order valence-corrected chi connectivity index (χ3v) is 4.48. The van der Waals surface area contributed by atoms with Crippen LogP contribution < -0.4 is 10.6 Å². The third kappa shape index (κ3) is 4.27. The highest BCUT2D eigenvalue weighted by Crippen LogP contribution is 2.37. The van der Waals surface area contributed by atoms with Crippen molar-refractivity contribution in [2.75, 3.05) is 5.32 Å². The molecule has 4 nitrogen and oxygen atoms in total. The van der Waals surface area contributed by atoms with Gasteiger partial charge in [0.1, 0.15) is 0 Å². The fourth-order valence-corrected chi connectivity index (χ4v) is 3.22. The summed E-state index contributed by atoms with van der Waals surface area (Å²) in [7, 11) is 1.90. The quantitative estimate of drug-likeness (QED) is 0.592. The first-order valence-corrected chi connectivity index (χ1v) is 8.20. The van der Waals surface area contributed by atoms with Crippen molar-refractivity contribution in [1.29, 1.82) is 0 Å². The summed E-state index contributed by atoms with van der Waals surface area (Å²) in [6.45, 7) is 1.54. The highest BCUT2D eigenvalue weighted by Gasteiger charge is 2.30. The molecule has 0 amide bonds. The lowest BCUT2D eigenvalue weighted by Gasteiger charge is -2.15. The van der Waals surface area contributed by atoms with Gasteiger partial charge in [-0.15, -0.1) is 24.8 Å². The molecule has 150 valence electrons. The highest BCUT2D eigenvalue weighted by molar-refractivity contribution is 5.85. The Morgan fingerprint density at radius 2 is 1.75 bits per heavy atom. The number of halogens is 5. The highest BCUT2D eigenvalue weighted by atomic mass is 35.5. The number of hydrogen-bond donors (Lipinski definition) is 2. The van der Waals surface area contributed by atoms with Crippen LogP contribution in [-0.2, 0) is 26.3 Å². The zero-order valence-electron chi connectivity index (χ0n) is 14.9. The third-order valence-electron chi connectivity index (χ3n) is 4.48. The Kier molecular flexibility index (Phi) is 6.64. The number of fused-ring (bicyclic) bond motifs is 1. The van der Waals surface area contributed by atoms with Gasteiger partial charge in [0.2, 0.25) is 0 Å². The summed E-state index contributed by atoms with van der Waals surface area (Å²) in [6.07, 6.45) is -0.665. The Morgan fingerprint density at radius 1 is 1.04 bits per heavy atom. The molecule has 1 aromatic heterocycles. The van der Waals surface area contributed by atoms with E-state index >= 15 is 0 Å². The maximum Gasteiger partial charge on any atom is 0.416 e. The fourth-order valence-electron chi connectivity index (χ4n) is 3.22. The minimum atomic E-state index is -4.34. The molecule has 0 saturated heterocycles. The van der Waals surface area contributed by atoms with Crippen molar-refractivity contribution in [3.05, 3.63) is 65.6 Å². The first kappa shape index (κ1) is 22.1. The number of nitrogens with zero attached hydrogens (tertiary/aromatic N) is 2. The van der Waals surface area contributed by atoms with E-state index < -0.39 is 11.7 Å². The summed E-state index contributed by atoms with van der Waals surface area (Å²) >= 11 is 0. The van der Waals surface area contributed by atoms with Crippen LogP contribution in [0.4, 0.5) is 24.5 Å². The zero-order valence-corrected chi connectivity index (χ0v) is 16.5. The SMILES string of the molecule is Cl.Cl.Cn1cnc(-c2c(Nc3ccc(C(F)(F)F)cc3)ccc3c2CNC3)c1. The number of rotatable bonds is 3. The van der Waals surface area contributed by atoms with Crippen LogP contribution in [0.5, 0.6) is 0 Å². The van der Waals surface area contributed by atoms with Crippen LogP contribution in [0.25, 0.3) is 11.3 Å². The van der Waals surface area contributed by atoms with Crippen molar-refractivity contribution in [1.82, 2.24) is 14.9 Å². The molecule has 0 unspecified atom stereocenters. The van der Waals surface area contributed by atoms with Gasteiger partial charge in [0.15, 0.2) is 0 Å². The molecule has 2 N–H and O–H groups in total. The molecule has 1 aliphatic rings. The molecule has 0 atom stereocenters. The Morgan fingerprint density at radius 3 is 2.36 bits per heavy atom. The van der Waals surface area contributed by atoms with Gasteiger partial charge in [0.05, 0.1) is 17.6 Å². The van der Waals surface area contributed by atoms with E-state index in [0.717, 1.165) is 42.2 Å². The summed E-state index contributed by atoms with van der Waals surface area (Å²) < 4.78 is 40.1. The maximum absolute atomic E-state index is 12.7. The largest absolute Gasteiger partial charge is 0.416 e. The molecule has 0 spiro atoms. The van der Waals surface area contributed by atoms with Crippen molar-refractivity contribution < 1.29 is 13.2 Å². The second kappa shape index (κ2) is 8.43. The number of imidazole rings is 1. The molecule has 4 rings (SSSR count). The van der Waals surface area contributed by atoms with Gasteiger partial charge in [0, 0.05) is 43.3 Å². The fraction of sp³-hybridized carbons (Fsp3) is 0.211. The molecule has 1 aliphatic heterocycles. The normalized spacial score (nSPS) is 12.7. The predicted octanol–water partition coefficient (Wildman–Crippen LogP) is 5.30. The molecule has 0 saturated carbocycles. The number of nitrogens with one attached hydrogen (secondary N) is 2. The van der Waals surface area contributed by atoms with E-state index in [-0.39, 0.29) is 24.8 Å². The number of alkyl halides is 3. The van der Waals surface area contributed by atoms with E-state index in [4.69, 9.17) is 0 Å². The summed E-state index contributed by atoms with van der Waals surface area (Å²) in [6, 6.07) is 9.03. The number of anilines is 2. The molecule has 9 heteroatoms. The van der Waals surface area contributed by atoms with Gasteiger partial charge in [-0.25, -0.2) is 4.98 Å². The lowest BCUT2D eigenvalue weighted by Crippen LogP contribution is -2.04. The lowest BCUT2D eigenvalue weighted by atomic mass is 9.99. The zero-order chi connectivity index (χ0) is 18.3. The van der Waals surface area contributed by atoms with Crippen LogP contribution >= 0.6 is 24.8 Å². The molecular weight excluding hydrogens is 412 g/mol. The lowest BCUT2D eigenvalue weighted by molar-refractivity contribution is -0.137. The second-order valence-electron chi connectivity index (χ2n) is 6.35. The van der Waals surface area contributed by atoms with Crippen molar-refractivity contribution in [2.24, 2.45) is 7.05 Å². The van der Waals surface area contributed by atoms with Crippen LogP contribution in [-0.4, -0.2) is 9.55 Å². The van der Waals surface area contributed by atoms with Crippen LogP contribution in [0.15, 0.2) is 48.9 Å². The minimum Gasteiger partial charge on any atom is -0.355 e. The van der Waals surface area contributed by atoms with Gasteiger partial charge >= 0.3 is 6.18 Å². The molecule has 0 bridgehead atoms. The number of benzene rings is 2. The smallest absolute Gasteiger partial charge is 0.355 e. The van der Waals surface area contributed by atoms with Gasteiger partial charge < -0.3 is 15.2 Å². The average molecular weight is 431 g/mol. The van der Waals surface area contributed by atoms with Crippen LogP contribution in [0.1, 0.15) is 16.7 Å². The van der Waals surface area contributed by atoms with Crippen molar-refractivity contribution >= 4 is 36.2 Å². The standard InChI is InChI=1S/C19H17F3N4.2ClH/c1-26-10-17(24-11-26)18-15-9-23-8-12(15)2-7-16(18)25-14-5-3-13(4-6-14)19(20,21)22;;/h2-7,10-11,23,25H,8-9H2,1H3;2*1H. The number of hydrogen-bond acceptors (Lipinski definition) is 3. The van der Waals surface area contributed by atoms with Crippen molar-refractivity contribution in [3.63, 3.8) is 0 Å². The molecular formula is C19H19Cl2F3N4. The molecule has 2 heterocycles.